The first-order valence-electron chi connectivity index (χ1n) is 11.2. The number of unbranched alkanes of at least 4 members (excludes halogenated alkanes) is 4. The molecule has 152 valence electrons. The normalized spacial score (nSPS) is 19.2. The number of aryl methyl sites for hydroxylation is 2. The predicted octanol–water partition coefficient (Wildman–Crippen LogP) is 7.46. The van der Waals surface area contributed by atoms with Crippen molar-refractivity contribution in [3.8, 4) is 11.5 Å². The Hall–Kier alpha value is -0.450. The summed E-state index contributed by atoms with van der Waals surface area (Å²) in [4.78, 5) is 0. The fourth-order valence-corrected chi connectivity index (χ4v) is 4.98. The van der Waals surface area contributed by atoms with Crippen molar-refractivity contribution >= 4 is 22.6 Å². The first kappa shape index (κ1) is 21.3. The fraction of sp³-hybridized carbons (Fsp3) is 0.750. The molecule has 27 heavy (non-hydrogen) atoms. The van der Waals surface area contributed by atoms with Crippen molar-refractivity contribution in [3.63, 3.8) is 0 Å². The van der Waals surface area contributed by atoms with E-state index in [1.54, 1.807) is 0 Å². The highest BCUT2D eigenvalue weighted by molar-refractivity contribution is 14.1. The lowest BCUT2D eigenvalue weighted by Gasteiger charge is -2.12. The lowest BCUT2D eigenvalue weighted by atomic mass is 9.94. The van der Waals surface area contributed by atoms with Gasteiger partial charge in [-0.05, 0) is 92.9 Å². The molecule has 3 heteroatoms. The summed E-state index contributed by atoms with van der Waals surface area (Å²) in [6.45, 7) is 2.32. The van der Waals surface area contributed by atoms with Crippen LogP contribution in [0.5, 0.6) is 11.5 Å². The lowest BCUT2D eigenvalue weighted by Crippen LogP contribution is -1.98. The topological polar surface area (TPSA) is 40.5 Å². The zero-order chi connectivity index (χ0) is 19.3. The molecular weight excluding hydrogens is 447 g/mol. The fourth-order valence-electron chi connectivity index (χ4n) is 4.33. The van der Waals surface area contributed by atoms with Gasteiger partial charge in [0.2, 0.25) is 0 Å². The quantitative estimate of drug-likeness (QED) is 0.132. The van der Waals surface area contributed by atoms with Crippen LogP contribution < -0.4 is 0 Å². The molecule has 1 aromatic carbocycles. The summed E-state index contributed by atoms with van der Waals surface area (Å²) in [5.74, 6) is 0.748. The molecule has 0 aromatic heterocycles. The Bertz CT molecular complexity index is 617. The van der Waals surface area contributed by atoms with Crippen LogP contribution in [0.1, 0.15) is 102 Å². The second kappa shape index (κ2) is 9.37. The molecule has 3 rings (SSSR count). The molecule has 0 aliphatic heterocycles. The third kappa shape index (κ3) is 6.54. The molecule has 0 saturated heterocycles. The second-order valence-corrected chi connectivity index (χ2v) is 11.5. The molecular formula is C24H37IO2. The van der Waals surface area contributed by atoms with Crippen LogP contribution in [0.25, 0.3) is 0 Å². The molecule has 2 aliphatic carbocycles. The Morgan fingerprint density at radius 2 is 1.30 bits per heavy atom. The number of hydrogen-bond donors (Lipinski definition) is 2. The van der Waals surface area contributed by atoms with E-state index in [9.17, 15) is 10.2 Å². The maximum atomic E-state index is 10.4. The van der Waals surface area contributed by atoms with Crippen LogP contribution in [0.3, 0.4) is 0 Å². The van der Waals surface area contributed by atoms with Gasteiger partial charge in [0.25, 0.3) is 0 Å². The summed E-state index contributed by atoms with van der Waals surface area (Å²) in [6, 6.07) is 3.62. The van der Waals surface area contributed by atoms with Crippen molar-refractivity contribution in [2.24, 2.45) is 5.41 Å². The van der Waals surface area contributed by atoms with Gasteiger partial charge >= 0.3 is 0 Å². The van der Waals surface area contributed by atoms with E-state index < -0.39 is 0 Å². The van der Waals surface area contributed by atoms with Gasteiger partial charge in [0, 0.05) is 3.42 Å². The average molecular weight is 484 g/mol. The first-order chi connectivity index (χ1) is 13.0. The Labute approximate surface area is 179 Å². The van der Waals surface area contributed by atoms with Gasteiger partial charge in [0.05, 0.1) is 0 Å². The molecule has 0 heterocycles. The van der Waals surface area contributed by atoms with E-state index in [1.165, 1.54) is 70.6 Å². The van der Waals surface area contributed by atoms with Gasteiger partial charge in [-0.2, -0.15) is 0 Å². The standard InChI is InChI=1S/C24H37IO2/c1-2-23(13-14-23)11-7-3-5-9-19-17-22(27)20(18-21(19)26)10-6-4-8-12-24(25)15-16-24/h17-18,26-27H,2-16H2,1H3. The van der Waals surface area contributed by atoms with E-state index in [4.69, 9.17) is 0 Å². The minimum Gasteiger partial charge on any atom is -0.508 e. The van der Waals surface area contributed by atoms with E-state index in [-0.39, 0.29) is 0 Å². The van der Waals surface area contributed by atoms with Crippen LogP contribution in [0.4, 0.5) is 0 Å². The molecule has 0 unspecified atom stereocenters. The van der Waals surface area contributed by atoms with Crippen molar-refractivity contribution in [3.05, 3.63) is 23.3 Å². The number of alkyl halides is 1. The van der Waals surface area contributed by atoms with Gasteiger partial charge in [-0.25, -0.2) is 0 Å². The van der Waals surface area contributed by atoms with Gasteiger partial charge in [-0.15, -0.1) is 0 Å². The maximum absolute atomic E-state index is 10.4. The Morgan fingerprint density at radius 3 is 1.74 bits per heavy atom. The molecule has 2 nitrogen and oxygen atoms in total. The molecule has 2 fully saturated rings. The van der Waals surface area contributed by atoms with Crippen LogP contribution in [-0.2, 0) is 12.8 Å². The lowest BCUT2D eigenvalue weighted by molar-refractivity contribution is 0.420. The Balaban J connectivity index is 1.35. The van der Waals surface area contributed by atoms with Crippen molar-refractivity contribution in [1.29, 1.82) is 0 Å². The molecule has 0 spiro atoms. The van der Waals surface area contributed by atoms with Gasteiger partial charge in [-0.1, -0.05) is 61.6 Å². The highest BCUT2D eigenvalue weighted by Crippen LogP contribution is 2.52. The number of rotatable bonds is 13. The minimum absolute atomic E-state index is 0.373. The Kier molecular flexibility index (Phi) is 7.38. The highest BCUT2D eigenvalue weighted by atomic mass is 127. The van der Waals surface area contributed by atoms with E-state index in [1.807, 2.05) is 12.1 Å². The van der Waals surface area contributed by atoms with E-state index in [0.29, 0.717) is 20.3 Å². The van der Waals surface area contributed by atoms with Gasteiger partial charge in [0.15, 0.2) is 0 Å². The number of phenols is 2. The van der Waals surface area contributed by atoms with Crippen molar-refractivity contribution in [2.75, 3.05) is 0 Å². The predicted molar refractivity (Wildman–Crippen MR) is 122 cm³/mol. The van der Waals surface area contributed by atoms with Crippen LogP contribution in [0.15, 0.2) is 12.1 Å². The first-order valence-corrected chi connectivity index (χ1v) is 12.3. The summed E-state index contributed by atoms with van der Waals surface area (Å²) in [6.07, 6.45) is 18.6. The summed E-state index contributed by atoms with van der Waals surface area (Å²) in [5, 5.41) is 20.7. The summed E-state index contributed by atoms with van der Waals surface area (Å²) < 4.78 is 0.621. The molecule has 2 aliphatic rings. The Morgan fingerprint density at radius 1 is 0.778 bits per heavy atom. The number of aromatic hydroxyl groups is 2. The zero-order valence-corrected chi connectivity index (χ0v) is 19.2. The summed E-state index contributed by atoms with van der Waals surface area (Å²) >= 11 is 2.62. The smallest absolute Gasteiger partial charge is 0.119 e. The molecule has 2 N–H and O–H groups in total. The third-order valence-corrected chi connectivity index (χ3v) is 8.62. The van der Waals surface area contributed by atoms with Gasteiger partial charge in [-0.3, -0.25) is 0 Å². The molecule has 0 atom stereocenters. The SMILES string of the molecule is CCC1(CCCCCc2cc(O)c(CCCCCC3(I)CC3)cc2O)CC1. The summed E-state index contributed by atoms with van der Waals surface area (Å²) in [5.41, 5.74) is 2.51. The largest absolute Gasteiger partial charge is 0.508 e. The summed E-state index contributed by atoms with van der Waals surface area (Å²) in [7, 11) is 0. The van der Waals surface area contributed by atoms with Crippen molar-refractivity contribution in [2.45, 2.75) is 107 Å². The molecule has 0 bridgehead atoms. The molecule has 1 aromatic rings. The van der Waals surface area contributed by atoms with Crippen LogP contribution in [-0.4, -0.2) is 13.6 Å². The number of halogens is 1. The number of phenolic OH excluding ortho intramolecular Hbond substituents is 2. The average Bonchev–Trinajstić information content (AvgIpc) is 3.56. The highest BCUT2D eigenvalue weighted by Gasteiger charge is 2.39. The van der Waals surface area contributed by atoms with Crippen LogP contribution in [0.2, 0.25) is 0 Å². The molecule has 2 saturated carbocycles. The van der Waals surface area contributed by atoms with Crippen LogP contribution >= 0.6 is 22.6 Å². The molecule has 0 radical (unpaired) electrons. The minimum atomic E-state index is 0.373. The van der Waals surface area contributed by atoms with Gasteiger partial charge in [0.1, 0.15) is 11.5 Å². The van der Waals surface area contributed by atoms with Gasteiger partial charge < -0.3 is 10.2 Å². The van der Waals surface area contributed by atoms with Crippen molar-refractivity contribution < 1.29 is 10.2 Å². The van der Waals surface area contributed by atoms with Crippen molar-refractivity contribution in [1.82, 2.24) is 0 Å². The number of benzene rings is 1. The van der Waals surface area contributed by atoms with E-state index >= 15 is 0 Å². The van der Waals surface area contributed by atoms with E-state index in [2.05, 4.69) is 29.5 Å². The number of hydrogen-bond acceptors (Lipinski definition) is 2. The monoisotopic (exact) mass is 484 g/mol. The second-order valence-electron chi connectivity index (χ2n) is 9.24. The third-order valence-electron chi connectivity index (χ3n) is 7.00. The van der Waals surface area contributed by atoms with Crippen LogP contribution in [0, 0.1) is 5.41 Å². The molecule has 0 amide bonds. The zero-order valence-electron chi connectivity index (χ0n) is 17.0. The maximum Gasteiger partial charge on any atom is 0.119 e. The van der Waals surface area contributed by atoms with E-state index in [0.717, 1.165) is 36.8 Å².